The Morgan fingerprint density at radius 1 is 0.852 bits per heavy atom. The number of fused-ring (bicyclic) bond motifs is 1. The second-order valence-electron chi connectivity index (χ2n) is 7.11. The van der Waals surface area contributed by atoms with Crippen LogP contribution in [0.25, 0.3) is 0 Å². The highest BCUT2D eigenvalue weighted by Crippen LogP contribution is 2.33. The fourth-order valence-electron chi connectivity index (χ4n) is 3.92. The number of carbonyl (C=O) groups excluding carboxylic acids is 1. The van der Waals surface area contributed by atoms with Crippen molar-refractivity contribution in [2.45, 2.75) is 12.8 Å². The van der Waals surface area contributed by atoms with E-state index < -0.39 is 11.6 Å². The molecule has 4 rings (SSSR count). The lowest BCUT2D eigenvalue weighted by Gasteiger charge is -2.38. The Labute approximate surface area is 158 Å². The molecule has 1 amide bonds. The monoisotopic (exact) mass is 371 g/mol. The van der Waals surface area contributed by atoms with Gasteiger partial charge in [0.1, 0.15) is 0 Å². The van der Waals surface area contributed by atoms with Crippen LogP contribution < -0.4 is 9.80 Å². The number of halogens is 2. The lowest BCUT2D eigenvalue weighted by molar-refractivity contribution is 0.0986. The van der Waals surface area contributed by atoms with Crippen molar-refractivity contribution in [2.75, 3.05) is 49.1 Å². The van der Waals surface area contributed by atoms with Crippen molar-refractivity contribution < 1.29 is 13.6 Å². The number of nitrogens with zero attached hydrogens (tertiary/aromatic N) is 3. The zero-order valence-electron chi connectivity index (χ0n) is 15.2. The molecule has 1 fully saturated rings. The summed E-state index contributed by atoms with van der Waals surface area (Å²) in [7, 11) is 0. The van der Waals surface area contributed by atoms with Crippen molar-refractivity contribution in [2.24, 2.45) is 0 Å². The molecule has 4 nitrogen and oxygen atoms in total. The molecule has 0 aromatic heterocycles. The maximum Gasteiger partial charge on any atom is 0.258 e. The summed E-state index contributed by atoms with van der Waals surface area (Å²) < 4.78 is 26.8. The molecule has 0 bridgehead atoms. The summed E-state index contributed by atoms with van der Waals surface area (Å²) in [4.78, 5) is 19.4. The third kappa shape index (κ3) is 3.67. The molecule has 1 saturated heterocycles. The second kappa shape index (κ2) is 7.64. The van der Waals surface area contributed by atoms with E-state index in [1.54, 1.807) is 4.90 Å². The van der Waals surface area contributed by atoms with Gasteiger partial charge in [-0.25, -0.2) is 8.78 Å². The molecule has 2 aliphatic heterocycles. The third-order valence-electron chi connectivity index (χ3n) is 5.40. The van der Waals surface area contributed by atoms with Crippen LogP contribution in [0.1, 0.15) is 23.2 Å². The largest absolute Gasteiger partial charge is 0.367 e. The quantitative estimate of drug-likeness (QED) is 0.823. The summed E-state index contributed by atoms with van der Waals surface area (Å²) in [6.45, 7) is 5.51. The van der Waals surface area contributed by atoms with Gasteiger partial charge in [0.15, 0.2) is 11.6 Å². The van der Waals surface area contributed by atoms with Gasteiger partial charge in [-0.3, -0.25) is 4.79 Å². The minimum atomic E-state index is -1.00. The number of amides is 1. The number of carbonyl (C=O) groups is 1. The fourth-order valence-corrected chi connectivity index (χ4v) is 3.92. The summed E-state index contributed by atoms with van der Waals surface area (Å²) in [5.74, 6) is -2.25. The van der Waals surface area contributed by atoms with Crippen molar-refractivity contribution in [1.82, 2.24) is 4.90 Å². The van der Waals surface area contributed by atoms with Gasteiger partial charge < -0.3 is 14.7 Å². The number of hydrogen-bond donors (Lipinski definition) is 0. The van der Waals surface area contributed by atoms with Crippen LogP contribution in [0.2, 0.25) is 0 Å². The van der Waals surface area contributed by atoms with Gasteiger partial charge in [0.2, 0.25) is 0 Å². The highest BCUT2D eigenvalue weighted by molar-refractivity contribution is 6.08. The van der Waals surface area contributed by atoms with Crippen LogP contribution in [-0.2, 0) is 0 Å². The van der Waals surface area contributed by atoms with Crippen LogP contribution in [0.15, 0.2) is 42.5 Å². The number of para-hydroxylation sites is 2. The lowest BCUT2D eigenvalue weighted by Crippen LogP contribution is -2.46. The zero-order valence-corrected chi connectivity index (χ0v) is 15.2. The molecule has 0 N–H and O–H groups in total. The van der Waals surface area contributed by atoms with Gasteiger partial charge in [0.05, 0.1) is 11.4 Å². The molecule has 2 aliphatic rings. The Balaban J connectivity index is 1.54. The molecule has 2 aromatic carbocycles. The van der Waals surface area contributed by atoms with Crippen molar-refractivity contribution in [3.63, 3.8) is 0 Å². The Bertz CT molecular complexity index is 836. The van der Waals surface area contributed by atoms with Crippen LogP contribution in [0.4, 0.5) is 20.2 Å². The highest BCUT2D eigenvalue weighted by Gasteiger charge is 2.28. The summed E-state index contributed by atoms with van der Waals surface area (Å²) >= 11 is 0. The molecule has 0 radical (unpaired) electrons. The molecule has 27 heavy (non-hydrogen) atoms. The first-order valence-corrected chi connectivity index (χ1v) is 9.47. The van der Waals surface area contributed by atoms with E-state index in [1.807, 2.05) is 24.3 Å². The first-order chi connectivity index (χ1) is 13.1. The van der Waals surface area contributed by atoms with E-state index >= 15 is 0 Å². The van der Waals surface area contributed by atoms with E-state index in [0.717, 1.165) is 56.2 Å². The molecule has 2 aromatic rings. The molecule has 0 spiro atoms. The molecule has 0 aliphatic carbocycles. The molecule has 6 heteroatoms. The maximum atomic E-state index is 13.6. The minimum absolute atomic E-state index is 0.161. The van der Waals surface area contributed by atoms with Gasteiger partial charge in [0.25, 0.3) is 5.91 Å². The van der Waals surface area contributed by atoms with Gasteiger partial charge in [0, 0.05) is 31.7 Å². The van der Waals surface area contributed by atoms with Crippen molar-refractivity contribution >= 4 is 17.3 Å². The summed E-state index contributed by atoms with van der Waals surface area (Å²) in [6.07, 6.45) is 2.54. The van der Waals surface area contributed by atoms with E-state index in [1.165, 1.54) is 18.9 Å². The molecule has 2 heterocycles. The SMILES string of the molecule is O=C(c1ccc(F)c(F)c1)N1CCN(CCN2CCCC2)c2ccccc21. The topological polar surface area (TPSA) is 26.8 Å². The maximum absolute atomic E-state index is 13.6. The van der Waals surface area contributed by atoms with Crippen LogP contribution in [0, 0.1) is 11.6 Å². The zero-order chi connectivity index (χ0) is 18.8. The van der Waals surface area contributed by atoms with Gasteiger partial charge in [-0.05, 0) is 56.3 Å². The van der Waals surface area contributed by atoms with E-state index in [2.05, 4.69) is 9.80 Å². The Kier molecular flexibility index (Phi) is 5.07. The predicted octanol–water partition coefficient (Wildman–Crippen LogP) is 3.53. The standard InChI is InChI=1S/C21H23F2N3O/c22-17-8-7-16(15-18(17)23)21(27)26-14-13-25(12-11-24-9-3-4-10-24)19-5-1-2-6-20(19)26/h1-2,5-8,15H,3-4,9-14H2. The van der Waals surface area contributed by atoms with E-state index in [9.17, 15) is 13.6 Å². The van der Waals surface area contributed by atoms with Crippen molar-refractivity contribution in [3.05, 3.63) is 59.7 Å². The molecule has 0 atom stereocenters. The van der Waals surface area contributed by atoms with Gasteiger partial charge in [-0.2, -0.15) is 0 Å². The van der Waals surface area contributed by atoms with Crippen molar-refractivity contribution in [1.29, 1.82) is 0 Å². The predicted molar refractivity (Wildman–Crippen MR) is 102 cm³/mol. The van der Waals surface area contributed by atoms with Crippen LogP contribution in [-0.4, -0.2) is 50.1 Å². The van der Waals surface area contributed by atoms with Gasteiger partial charge >= 0.3 is 0 Å². The summed E-state index contributed by atoms with van der Waals surface area (Å²) in [5.41, 5.74) is 1.99. The lowest BCUT2D eigenvalue weighted by atomic mass is 10.1. The summed E-state index contributed by atoms with van der Waals surface area (Å²) in [5, 5.41) is 0. The Hall–Kier alpha value is -2.47. The second-order valence-corrected chi connectivity index (χ2v) is 7.11. The van der Waals surface area contributed by atoms with E-state index in [-0.39, 0.29) is 11.5 Å². The first kappa shape index (κ1) is 17.9. The normalized spacial score (nSPS) is 17.3. The van der Waals surface area contributed by atoms with E-state index in [0.29, 0.717) is 6.54 Å². The number of hydrogen-bond acceptors (Lipinski definition) is 3. The number of benzene rings is 2. The molecular weight excluding hydrogens is 348 g/mol. The molecule has 0 saturated carbocycles. The van der Waals surface area contributed by atoms with Crippen LogP contribution in [0.5, 0.6) is 0 Å². The van der Waals surface area contributed by atoms with E-state index in [4.69, 9.17) is 0 Å². The summed E-state index contributed by atoms with van der Waals surface area (Å²) in [6, 6.07) is 11.1. The van der Waals surface area contributed by atoms with Gasteiger partial charge in [-0.1, -0.05) is 12.1 Å². The average Bonchev–Trinajstić information content (AvgIpc) is 3.21. The number of rotatable bonds is 4. The molecular formula is C21H23F2N3O. The number of anilines is 2. The molecule has 142 valence electrons. The van der Waals surface area contributed by atoms with Crippen LogP contribution >= 0.6 is 0 Å². The fraction of sp³-hybridized carbons (Fsp3) is 0.381. The van der Waals surface area contributed by atoms with Gasteiger partial charge in [-0.15, -0.1) is 0 Å². The third-order valence-corrected chi connectivity index (χ3v) is 5.40. The Morgan fingerprint density at radius 3 is 2.33 bits per heavy atom. The number of likely N-dealkylation sites (tertiary alicyclic amines) is 1. The molecule has 0 unspecified atom stereocenters. The average molecular weight is 371 g/mol. The first-order valence-electron chi connectivity index (χ1n) is 9.47. The highest BCUT2D eigenvalue weighted by atomic mass is 19.2. The minimum Gasteiger partial charge on any atom is -0.367 e. The Morgan fingerprint density at radius 2 is 1.59 bits per heavy atom. The smallest absolute Gasteiger partial charge is 0.258 e. The van der Waals surface area contributed by atoms with Crippen molar-refractivity contribution in [3.8, 4) is 0 Å². The van der Waals surface area contributed by atoms with Crippen LogP contribution in [0.3, 0.4) is 0 Å².